The highest BCUT2D eigenvalue weighted by atomic mass is 35.5. The highest BCUT2D eigenvalue weighted by Crippen LogP contribution is 2.52. The molecule has 3 atom stereocenters. The summed E-state index contributed by atoms with van der Waals surface area (Å²) in [5.74, 6) is -0.394. The zero-order valence-corrected chi connectivity index (χ0v) is 19.0. The van der Waals surface area contributed by atoms with Crippen molar-refractivity contribution in [2.45, 2.75) is 37.5 Å². The third-order valence-electron chi connectivity index (χ3n) is 6.21. The van der Waals surface area contributed by atoms with Gasteiger partial charge < -0.3 is 10.0 Å². The van der Waals surface area contributed by atoms with E-state index in [1.807, 2.05) is 55.5 Å². The molecule has 0 radical (unpaired) electrons. The second-order valence-electron chi connectivity index (χ2n) is 8.55. The Hall–Kier alpha value is -2.09. The number of rotatable bonds is 7. The minimum Gasteiger partial charge on any atom is -0.481 e. The van der Waals surface area contributed by atoms with Gasteiger partial charge in [-0.05, 0) is 48.4 Å². The smallest absolute Gasteiger partial charge is 0.303 e. The molecular weight excluding hydrogens is 436 g/mol. The third kappa shape index (κ3) is 5.05. The Morgan fingerprint density at radius 3 is 2.58 bits per heavy atom. The van der Waals surface area contributed by atoms with E-state index in [2.05, 4.69) is 4.90 Å². The van der Waals surface area contributed by atoms with Gasteiger partial charge >= 0.3 is 5.97 Å². The van der Waals surface area contributed by atoms with Gasteiger partial charge in [0.2, 0.25) is 10.0 Å². The van der Waals surface area contributed by atoms with Crippen LogP contribution in [-0.2, 0) is 20.6 Å². The van der Waals surface area contributed by atoms with E-state index in [0.29, 0.717) is 24.7 Å². The number of anilines is 1. The minimum atomic E-state index is -3.42. The molecule has 8 heteroatoms. The summed E-state index contributed by atoms with van der Waals surface area (Å²) < 4.78 is 27.7. The number of carboxylic acids is 1. The summed E-state index contributed by atoms with van der Waals surface area (Å²) in [7, 11) is -3.42. The maximum atomic E-state index is 13.0. The van der Waals surface area contributed by atoms with Gasteiger partial charge in [-0.1, -0.05) is 48.0 Å². The third-order valence-corrected chi connectivity index (χ3v) is 8.40. The van der Waals surface area contributed by atoms with E-state index in [1.165, 1.54) is 0 Å². The lowest BCUT2D eigenvalue weighted by atomic mass is 10.0. The summed E-state index contributed by atoms with van der Waals surface area (Å²) in [5, 5.41) is 9.73. The van der Waals surface area contributed by atoms with Crippen LogP contribution in [0.3, 0.4) is 0 Å². The predicted octanol–water partition coefficient (Wildman–Crippen LogP) is 3.96. The molecule has 0 bridgehead atoms. The summed E-state index contributed by atoms with van der Waals surface area (Å²) in [6.07, 6.45) is 1.04. The Morgan fingerprint density at radius 2 is 1.90 bits per heavy atom. The molecule has 2 aliphatic rings. The van der Waals surface area contributed by atoms with Crippen molar-refractivity contribution in [1.82, 2.24) is 4.31 Å². The monoisotopic (exact) mass is 462 g/mol. The van der Waals surface area contributed by atoms with Gasteiger partial charge in [0, 0.05) is 42.8 Å². The second kappa shape index (κ2) is 8.81. The fourth-order valence-corrected chi connectivity index (χ4v) is 6.54. The zero-order chi connectivity index (χ0) is 22.2. The Kier molecular flexibility index (Phi) is 6.28. The van der Waals surface area contributed by atoms with Gasteiger partial charge in [-0.2, -0.15) is 4.31 Å². The summed E-state index contributed by atoms with van der Waals surface area (Å²) in [5.41, 5.74) is 2.90. The molecule has 0 amide bonds. The van der Waals surface area contributed by atoms with E-state index >= 15 is 0 Å². The average molecular weight is 463 g/mol. The van der Waals surface area contributed by atoms with Crippen LogP contribution in [0.1, 0.15) is 36.8 Å². The van der Waals surface area contributed by atoms with Crippen LogP contribution in [0.25, 0.3) is 0 Å². The molecule has 1 aliphatic heterocycles. The van der Waals surface area contributed by atoms with Crippen LogP contribution in [-0.4, -0.2) is 49.5 Å². The molecule has 0 spiro atoms. The van der Waals surface area contributed by atoms with Crippen molar-refractivity contribution in [2.75, 3.05) is 24.5 Å². The molecule has 1 heterocycles. The highest BCUT2D eigenvalue weighted by Gasteiger charge is 2.42. The van der Waals surface area contributed by atoms with Crippen LogP contribution in [0.4, 0.5) is 5.69 Å². The van der Waals surface area contributed by atoms with E-state index in [0.717, 1.165) is 23.2 Å². The number of carbonyl (C=O) groups is 1. The van der Waals surface area contributed by atoms with Gasteiger partial charge in [0.05, 0.1) is 5.75 Å². The number of nitrogens with zero attached hydrogens (tertiary/aromatic N) is 2. The largest absolute Gasteiger partial charge is 0.481 e. The molecule has 1 saturated carbocycles. The molecule has 2 aromatic rings. The van der Waals surface area contributed by atoms with Crippen molar-refractivity contribution in [3.05, 3.63) is 64.7 Å². The fraction of sp³-hybridized carbons (Fsp3) is 0.435. The van der Waals surface area contributed by atoms with Gasteiger partial charge in [-0.15, -0.1) is 0 Å². The summed E-state index contributed by atoms with van der Waals surface area (Å²) in [4.78, 5) is 13.3. The Morgan fingerprint density at radius 1 is 1.16 bits per heavy atom. The lowest BCUT2D eigenvalue weighted by molar-refractivity contribution is -0.137. The molecule has 166 valence electrons. The molecule has 31 heavy (non-hydrogen) atoms. The van der Waals surface area contributed by atoms with E-state index in [-0.39, 0.29) is 30.1 Å². The first-order chi connectivity index (χ1) is 14.7. The van der Waals surface area contributed by atoms with Crippen molar-refractivity contribution < 1.29 is 18.3 Å². The fourth-order valence-electron chi connectivity index (χ4n) is 4.62. The van der Waals surface area contributed by atoms with Crippen molar-refractivity contribution in [2.24, 2.45) is 5.92 Å². The summed E-state index contributed by atoms with van der Waals surface area (Å²) in [6, 6.07) is 14.8. The number of piperazine rings is 1. The standard InChI is InChI=1S/C23H27ClN2O4S/c1-16-14-25(9-10-26(16)31(29,30)15-17-5-3-2-4-6-17)22-13-19(24)7-8-20(22)21-11-18(21)12-23(27)28/h2-8,13,16,18,21H,9-12,14-15H2,1H3,(H,27,28)/t16?,18?,21-/m1/s1. The van der Waals surface area contributed by atoms with Crippen LogP contribution in [0.2, 0.25) is 5.02 Å². The molecule has 0 aromatic heterocycles. The number of carboxylic acid groups (broad SMARTS) is 1. The molecule has 1 N–H and O–H groups in total. The van der Waals surface area contributed by atoms with E-state index in [9.17, 15) is 13.2 Å². The molecule has 2 fully saturated rings. The maximum absolute atomic E-state index is 13.0. The first kappa shape index (κ1) is 22.1. The van der Waals surface area contributed by atoms with E-state index < -0.39 is 16.0 Å². The Labute approximate surface area is 188 Å². The van der Waals surface area contributed by atoms with E-state index in [1.54, 1.807) is 4.31 Å². The normalized spacial score (nSPS) is 24.2. The quantitative estimate of drug-likeness (QED) is 0.673. The van der Waals surface area contributed by atoms with Crippen molar-refractivity contribution in [1.29, 1.82) is 0 Å². The van der Waals surface area contributed by atoms with Crippen LogP contribution in [0, 0.1) is 5.92 Å². The number of aliphatic carboxylic acids is 1. The van der Waals surface area contributed by atoms with E-state index in [4.69, 9.17) is 16.7 Å². The number of hydrogen-bond acceptors (Lipinski definition) is 4. The Balaban J connectivity index is 1.49. The predicted molar refractivity (Wildman–Crippen MR) is 122 cm³/mol. The first-order valence-electron chi connectivity index (χ1n) is 10.5. The zero-order valence-electron chi connectivity index (χ0n) is 17.4. The molecule has 1 aliphatic carbocycles. The first-order valence-corrected chi connectivity index (χ1v) is 12.5. The van der Waals surface area contributed by atoms with Gasteiger partial charge in [0.1, 0.15) is 0 Å². The number of halogens is 1. The topological polar surface area (TPSA) is 77.9 Å². The van der Waals surface area contributed by atoms with Gasteiger partial charge in [-0.3, -0.25) is 4.79 Å². The van der Waals surface area contributed by atoms with Gasteiger partial charge in [-0.25, -0.2) is 8.42 Å². The number of hydrogen-bond donors (Lipinski definition) is 1. The lowest BCUT2D eigenvalue weighted by Gasteiger charge is -2.41. The van der Waals surface area contributed by atoms with Crippen molar-refractivity contribution >= 4 is 33.3 Å². The van der Waals surface area contributed by atoms with Crippen LogP contribution >= 0.6 is 11.6 Å². The van der Waals surface area contributed by atoms with Gasteiger partial charge in [0.25, 0.3) is 0 Å². The van der Waals surface area contributed by atoms with Crippen LogP contribution in [0.5, 0.6) is 0 Å². The molecule has 2 unspecified atom stereocenters. The average Bonchev–Trinajstić information content (AvgIpc) is 3.46. The minimum absolute atomic E-state index is 0.000459. The van der Waals surface area contributed by atoms with Gasteiger partial charge in [0.15, 0.2) is 0 Å². The summed E-state index contributed by atoms with van der Waals surface area (Å²) >= 11 is 6.28. The molecule has 1 saturated heterocycles. The molecule has 6 nitrogen and oxygen atoms in total. The number of benzene rings is 2. The maximum Gasteiger partial charge on any atom is 0.303 e. The SMILES string of the molecule is CC1CN(c2cc(Cl)ccc2[C@@H]2CC2CC(=O)O)CCN1S(=O)(=O)Cc1ccccc1. The van der Waals surface area contributed by atoms with Crippen LogP contribution < -0.4 is 4.90 Å². The van der Waals surface area contributed by atoms with Crippen molar-refractivity contribution in [3.63, 3.8) is 0 Å². The lowest BCUT2D eigenvalue weighted by Crippen LogP contribution is -2.54. The molecular formula is C23H27ClN2O4S. The summed E-state index contributed by atoms with van der Waals surface area (Å²) in [6.45, 7) is 3.48. The highest BCUT2D eigenvalue weighted by molar-refractivity contribution is 7.88. The Bertz CT molecular complexity index is 1060. The number of sulfonamides is 1. The molecule has 4 rings (SSSR count). The molecule has 2 aromatic carbocycles. The van der Waals surface area contributed by atoms with Crippen LogP contribution in [0.15, 0.2) is 48.5 Å². The van der Waals surface area contributed by atoms with Crippen molar-refractivity contribution in [3.8, 4) is 0 Å². The second-order valence-corrected chi connectivity index (χ2v) is 10.9.